The number of nitrogens with one attached hydrogen (secondary N) is 1. The summed E-state index contributed by atoms with van der Waals surface area (Å²) in [5, 5.41) is 3.48. The second-order valence-corrected chi connectivity index (χ2v) is 7.09. The first kappa shape index (κ1) is 17.7. The molecular formula is C20H18ClNO5. The summed E-state index contributed by atoms with van der Waals surface area (Å²) in [4.78, 5) is 25.3. The molecule has 27 heavy (non-hydrogen) atoms. The molecule has 2 atom stereocenters. The van der Waals surface area contributed by atoms with Crippen LogP contribution in [0, 0.1) is 0 Å². The van der Waals surface area contributed by atoms with Crippen LogP contribution in [0.5, 0.6) is 11.5 Å². The summed E-state index contributed by atoms with van der Waals surface area (Å²) < 4.78 is 15.7. The van der Waals surface area contributed by atoms with Crippen LogP contribution in [0.3, 0.4) is 0 Å². The zero-order valence-corrected chi connectivity index (χ0v) is 15.8. The summed E-state index contributed by atoms with van der Waals surface area (Å²) in [6, 6.07) is 8.67. The van der Waals surface area contributed by atoms with Gasteiger partial charge in [0.2, 0.25) is 5.91 Å². The first-order valence-electron chi connectivity index (χ1n) is 8.42. The van der Waals surface area contributed by atoms with E-state index in [1.165, 1.54) is 21.3 Å². The highest BCUT2D eigenvalue weighted by atomic mass is 35.5. The van der Waals surface area contributed by atoms with Crippen LogP contribution in [0.4, 0.5) is 5.69 Å². The first-order chi connectivity index (χ1) is 13.0. The highest BCUT2D eigenvalue weighted by Crippen LogP contribution is 2.67. The Kier molecular flexibility index (Phi) is 4.03. The van der Waals surface area contributed by atoms with Gasteiger partial charge in [0.1, 0.15) is 11.5 Å². The lowest BCUT2D eigenvalue weighted by molar-refractivity contribution is -0.118. The van der Waals surface area contributed by atoms with Crippen molar-refractivity contribution in [2.24, 2.45) is 0 Å². The number of amides is 1. The van der Waals surface area contributed by atoms with E-state index in [1.807, 2.05) is 6.07 Å². The van der Waals surface area contributed by atoms with Crippen molar-refractivity contribution in [1.29, 1.82) is 0 Å². The smallest absolute Gasteiger partial charge is 0.338 e. The molecule has 6 nitrogen and oxygen atoms in total. The Morgan fingerprint density at radius 1 is 1.19 bits per heavy atom. The molecular weight excluding hydrogens is 370 g/mol. The van der Waals surface area contributed by atoms with E-state index in [0.29, 0.717) is 34.1 Å². The standard InChI is InChI=1S/C20H18ClNO5/c1-25-11-7-12(18(23)27-3)17(16(8-11)26-2)14-9-20(14)13-6-10(21)4-5-15(13)22-19(20)24/h4-8,14H,9H2,1-3H3,(H,22,24)/t14-,20-/m1/s1. The fraction of sp³-hybridized carbons (Fsp3) is 0.300. The third kappa shape index (κ3) is 2.47. The number of rotatable bonds is 4. The predicted molar refractivity (Wildman–Crippen MR) is 100 cm³/mol. The Bertz CT molecular complexity index is 973. The predicted octanol–water partition coefficient (Wildman–Crippen LogP) is 3.52. The lowest BCUT2D eigenvalue weighted by Gasteiger charge is -2.17. The van der Waals surface area contributed by atoms with Gasteiger partial charge < -0.3 is 19.5 Å². The molecule has 7 heteroatoms. The summed E-state index contributed by atoms with van der Waals surface area (Å²) in [5.41, 5.74) is 1.81. The number of fused-ring (bicyclic) bond motifs is 2. The molecule has 1 spiro atoms. The quantitative estimate of drug-likeness (QED) is 0.812. The number of ether oxygens (including phenoxy) is 3. The average Bonchev–Trinajstić information content (AvgIpc) is 3.37. The summed E-state index contributed by atoms with van der Waals surface area (Å²) in [6.07, 6.45) is 0.554. The van der Waals surface area contributed by atoms with Crippen molar-refractivity contribution >= 4 is 29.2 Å². The van der Waals surface area contributed by atoms with Crippen LogP contribution in [0.25, 0.3) is 0 Å². The fourth-order valence-electron chi connectivity index (χ4n) is 4.04. The number of anilines is 1. The Labute approximate surface area is 161 Å². The molecule has 1 aliphatic carbocycles. The molecule has 1 N–H and O–H groups in total. The summed E-state index contributed by atoms with van der Waals surface area (Å²) in [6.45, 7) is 0. The van der Waals surface area contributed by atoms with E-state index in [2.05, 4.69) is 5.32 Å². The van der Waals surface area contributed by atoms with Gasteiger partial charge in [-0.2, -0.15) is 0 Å². The Morgan fingerprint density at radius 3 is 2.63 bits per heavy atom. The van der Waals surface area contributed by atoms with Gasteiger partial charge in [-0.1, -0.05) is 11.6 Å². The molecule has 0 bridgehead atoms. The summed E-state index contributed by atoms with van der Waals surface area (Å²) >= 11 is 6.17. The van der Waals surface area contributed by atoms with E-state index in [1.54, 1.807) is 24.3 Å². The molecule has 2 aromatic rings. The first-order valence-corrected chi connectivity index (χ1v) is 8.79. The van der Waals surface area contributed by atoms with Gasteiger partial charge >= 0.3 is 5.97 Å². The zero-order valence-electron chi connectivity index (χ0n) is 15.1. The molecule has 4 rings (SSSR count). The largest absolute Gasteiger partial charge is 0.497 e. The molecule has 2 aliphatic rings. The molecule has 0 saturated heterocycles. The molecule has 0 aromatic heterocycles. The van der Waals surface area contributed by atoms with E-state index < -0.39 is 11.4 Å². The lowest BCUT2D eigenvalue weighted by atomic mass is 9.89. The normalized spacial score (nSPS) is 22.2. The van der Waals surface area contributed by atoms with E-state index in [4.69, 9.17) is 25.8 Å². The number of methoxy groups -OCH3 is 3. The minimum absolute atomic E-state index is 0.0987. The van der Waals surface area contributed by atoms with Crippen molar-refractivity contribution in [3.63, 3.8) is 0 Å². The maximum Gasteiger partial charge on any atom is 0.338 e. The molecule has 140 valence electrons. The van der Waals surface area contributed by atoms with E-state index in [-0.39, 0.29) is 11.8 Å². The Balaban J connectivity index is 1.88. The van der Waals surface area contributed by atoms with Crippen molar-refractivity contribution in [3.05, 3.63) is 52.0 Å². The van der Waals surface area contributed by atoms with Gasteiger partial charge in [-0.25, -0.2) is 4.79 Å². The van der Waals surface area contributed by atoms with Crippen LogP contribution in [-0.4, -0.2) is 33.2 Å². The van der Waals surface area contributed by atoms with Gasteiger partial charge in [0, 0.05) is 28.3 Å². The summed E-state index contributed by atoms with van der Waals surface area (Å²) in [7, 11) is 4.35. The third-order valence-corrected chi connectivity index (χ3v) is 5.64. The highest BCUT2D eigenvalue weighted by Gasteiger charge is 2.66. The van der Waals surface area contributed by atoms with Gasteiger partial charge in [0.05, 0.1) is 32.3 Å². The van der Waals surface area contributed by atoms with Crippen LogP contribution >= 0.6 is 11.6 Å². The zero-order chi connectivity index (χ0) is 19.3. The topological polar surface area (TPSA) is 73.9 Å². The fourth-order valence-corrected chi connectivity index (χ4v) is 4.21. The second-order valence-electron chi connectivity index (χ2n) is 6.65. The van der Waals surface area contributed by atoms with E-state index in [0.717, 1.165) is 11.3 Å². The van der Waals surface area contributed by atoms with Gasteiger partial charge in [-0.05, 0) is 36.2 Å². The number of hydrogen-bond acceptors (Lipinski definition) is 5. The van der Waals surface area contributed by atoms with Crippen molar-refractivity contribution in [1.82, 2.24) is 0 Å². The monoisotopic (exact) mass is 387 g/mol. The maximum absolute atomic E-state index is 12.8. The molecule has 0 unspecified atom stereocenters. The summed E-state index contributed by atoms with van der Waals surface area (Å²) in [5.74, 6) is 0.129. The Morgan fingerprint density at radius 2 is 1.96 bits per heavy atom. The third-order valence-electron chi connectivity index (χ3n) is 5.40. The van der Waals surface area contributed by atoms with Crippen molar-refractivity contribution < 1.29 is 23.8 Å². The van der Waals surface area contributed by atoms with E-state index in [9.17, 15) is 9.59 Å². The number of carbonyl (C=O) groups excluding carboxylic acids is 2. The van der Waals surface area contributed by atoms with Crippen LogP contribution in [-0.2, 0) is 14.9 Å². The number of halogens is 1. The van der Waals surface area contributed by atoms with Crippen LogP contribution in [0.2, 0.25) is 5.02 Å². The molecule has 1 fully saturated rings. The van der Waals surface area contributed by atoms with Crippen LogP contribution < -0.4 is 14.8 Å². The SMILES string of the molecule is COC(=O)c1cc(OC)cc(OC)c1[C@H]1C[C@]12C(=O)Nc1ccc(Cl)cc12. The van der Waals surface area contributed by atoms with Gasteiger partial charge in [0.15, 0.2) is 0 Å². The van der Waals surface area contributed by atoms with Crippen molar-refractivity contribution in [2.45, 2.75) is 17.8 Å². The molecule has 1 aliphatic heterocycles. The second kappa shape index (κ2) is 6.16. The van der Waals surface area contributed by atoms with Crippen molar-refractivity contribution in [2.75, 3.05) is 26.6 Å². The Hall–Kier alpha value is -2.73. The number of benzene rings is 2. The number of esters is 1. The molecule has 2 aromatic carbocycles. The van der Waals surface area contributed by atoms with E-state index >= 15 is 0 Å². The van der Waals surface area contributed by atoms with Crippen LogP contribution in [0.1, 0.15) is 33.8 Å². The molecule has 1 heterocycles. The molecule has 0 radical (unpaired) electrons. The van der Waals surface area contributed by atoms with Crippen molar-refractivity contribution in [3.8, 4) is 11.5 Å². The lowest BCUT2D eigenvalue weighted by Crippen LogP contribution is -2.22. The number of hydrogen-bond donors (Lipinski definition) is 1. The number of carbonyl (C=O) groups is 2. The van der Waals surface area contributed by atoms with Gasteiger partial charge in [-0.3, -0.25) is 4.79 Å². The molecule has 1 saturated carbocycles. The highest BCUT2D eigenvalue weighted by molar-refractivity contribution is 6.31. The molecule has 1 amide bonds. The minimum Gasteiger partial charge on any atom is -0.497 e. The van der Waals surface area contributed by atoms with Gasteiger partial charge in [0.25, 0.3) is 0 Å². The van der Waals surface area contributed by atoms with Gasteiger partial charge in [-0.15, -0.1) is 0 Å². The minimum atomic E-state index is -0.759. The maximum atomic E-state index is 12.8. The van der Waals surface area contributed by atoms with Crippen LogP contribution in [0.15, 0.2) is 30.3 Å². The average molecular weight is 388 g/mol.